The van der Waals surface area contributed by atoms with Crippen LogP contribution in [0.2, 0.25) is 0 Å². The largest absolute Gasteiger partial charge is 0.494 e. The van der Waals surface area contributed by atoms with Crippen molar-refractivity contribution in [3.05, 3.63) is 76.8 Å². The number of fused-ring (bicyclic) bond motifs is 1. The SMILES string of the molecule is CCOc1ccc(N(CC(=O)N/N=C\c2ccc3c(c2)OCO3)S(=O)(=O)c2ccc(Br)cc2)cc1. The molecule has 9 nitrogen and oxygen atoms in total. The molecule has 182 valence electrons. The highest BCUT2D eigenvalue weighted by molar-refractivity contribution is 9.10. The summed E-state index contributed by atoms with van der Waals surface area (Å²) in [5.74, 6) is 1.20. The molecule has 1 amide bonds. The van der Waals surface area contributed by atoms with E-state index >= 15 is 0 Å². The Morgan fingerprint density at radius 1 is 1.09 bits per heavy atom. The zero-order valence-corrected chi connectivity index (χ0v) is 21.1. The van der Waals surface area contributed by atoms with Crippen molar-refractivity contribution in [2.45, 2.75) is 11.8 Å². The number of hydrazone groups is 1. The third-order valence-electron chi connectivity index (χ3n) is 4.92. The van der Waals surface area contributed by atoms with Gasteiger partial charge in [-0.3, -0.25) is 9.10 Å². The van der Waals surface area contributed by atoms with Crippen molar-refractivity contribution in [3.63, 3.8) is 0 Å². The van der Waals surface area contributed by atoms with Crippen molar-refractivity contribution in [2.24, 2.45) is 5.10 Å². The minimum atomic E-state index is -4.05. The zero-order chi connectivity index (χ0) is 24.8. The lowest BCUT2D eigenvalue weighted by Crippen LogP contribution is -2.39. The molecular formula is C24H22BrN3O6S. The second kappa shape index (κ2) is 10.8. The normalized spacial score (nSPS) is 12.5. The van der Waals surface area contributed by atoms with Crippen molar-refractivity contribution in [1.29, 1.82) is 0 Å². The van der Waals surface area contributed by atoms with E-state index in [1.165, 1.54) is 18.3 Å². The van der Waals surface area contributed by atoms with Gasteiger partial charge in [0.05, 0.1) is 23.4 Å². The first-order valence-corrected chi connectivity index (χ1v) is 12.8. The molecule has 0 saturated heterocycles. The third-order valence-corrected chi connectivity index (χ3v) is 7.24. The second-order valence-electron chi connectivity index (χ2n) is 7.30. The standard InChI is InChI=1S/C24H22BrN3O6S/c1-2-32-20-8-6-19(7-9-20)28(35(30,31)21-10-4-18(25)5-11-21)15-24(29)27-26-14-17-3-12-22-23(13-17)34-16-33-22/h3-14H,2,15-16H2,1H3,(H,27,29)/b26-14-. The van der Waals surface area contributed by atoms with Gasteiger partial charge >= 0.3 is 0 Å². The summed E-state index contributed by atoms with van der Waals surface area (Å²) < 4.78 is 44.6. The van der Waals surface area contributed by atoms with E-state index in [1.807, 2.05) is 6.92 Å². The Kier molecular flexibility index (Phi) is 7.57. The summed E-state index contributed by atoms with van der Waals surface area (Å²) in [5.41, 5.74) is 3.38. The van der Waals surface area contributed by atoms with Crippen LogP contribution in [0.1, 0.15) is 12.5 Å². The molecule has 4 rings (SSSR count). The van der Waals surface area contributed by atoms with E-state index in [9.17, 15) is 13.2 Å². The smallest absolute Gasteiger partial charge is 0.264 e. The van der Waals surface area contributed by atoms with Gasteiger partial charge in [0.25, 0.3) is 15.9 Å². The fourth-order valence-corrected chi connectivity index (χ4v) is 4.95. The first-order valence-electron chi connectivity index (χ1n) is 10.6. The molecule has 0 aliphatic carbocycles. The Morgan fingerprint density at radius 2 is 1.80 bits per heavy atom. The van der Waals surface area contributed by atoms with Crippen LogP contribution < -0.4 is 23.9 Å². The Bertz CT molecular complexity index is 1330. The summed E-state index contributed by atoms with van der Waals surface area (Å²) in [4.78, 5) is 12.7. The van der Waals surface area contributed by atoms with Crippen LogP contribution in [0.25, 0.3) is 0 Å². The maximum atomic E-state index is 13.4. The topological polar surface area (TPSA) is 107 Å². The summed E-state index contributed by atoms with van der Waals surface area (Å²) in [5, 5.41) is 3.95. The molecule has 0 unspecified atom stereocenters. The van der Waals surface area contributed by atoms with Crippen molar-refractivity contribution in [3.8, 4) is 17.2 Å². The first-order chi connectivity index (χ1) is 16.9. The van der Waals surface area contributed by atoms with Gasteiger partial charge in [0.15, 0.2) is 11.5 Å². The van der Waals surface area contributed by atoms with E-state index in [4.69, 9.17) is 14.2 Å². The van der Waals surface area contributed by atoms with Crippen LogP contribution in [0.5, 0.6) is 17.2 Å². The molecule has 0 bridgehead atoms. The lowest BCUT2D eigenvalue weighted by molar-refractivity contribution is -0.119. The maximum Gasteiger partial charge on any atom is 0.264 e. The van der Waals surface area contributed by atoms with E-state index in [1.54, 1.807) is 54.6 Å². The predicted octanol–water partition coefficient (Wildman–Crippen LogP) is 3.92. The molecule has 3 aromatic carbocycles. The lowest BCUT2D eigenvalue weighted by atomic mass is 10.2. The van der Waals surface area contributed by atoms with Gasteiger partial charge in [-0.25, -0.2) is 13.8 Å². The number of hydrogen-bond acceptors (Lipinski definition) is 7. The molecule has 1 heterocycles. The first kappa shape index (κ1) is 24.6. The van der Waals surface area contributed by atoms with Gasteiger partial charge in [-0.1, -0.05) is 15.9 Å². The molecule has 1 aliphatic heterocycles. The monoisotopic (exact) mass is 559 g/mol. The molecule has 0 radical (unpaired) electrons. The number of amides is 1. The van der Waals surface area contributed by atoms with Crippen LogP contribution in [0.15, 0.2) is 81.2 Å². The molecule has 1 aliphatic rings. The number of carbonyl (C=O) groups is 1. The summed E-state index contributed by atoms with van der Waals surface area (Å²) in [7, 11) is -4.05. The maximum absolute atomic E-state index is 13.4. The van der Waals surface area contributed by atoms with Crippen molar-refractivity contribution in [1.82, 2.24) is 5.43 Å². The highest BCUT2D eigenvalue weighted by Gasteiger charge is 2.27. The van der Waals surface area contributed by atoms with Gasteiger partial charge in [-0.2, -0.15) is 5.10 Å². The van der Waals surface area contributed by atoms with Crippen LogP contribution >= 0.6 is 15.9 Å². The zero-order valence-electron chi connectivity index (χ0n) is 18.7. The van der Waals surface area contributed by atoms with Crippen LogP contribution in [-0.2, 0) is 14.8 Å². The second-order valence-corrected chi connectivity index (χ2v) is 10.1. The number of anilines is 1. The van der Waals surface area contributed by atoms with Gasteiger partial charge in [0.2, 0.25) is 6.79 Å². The Morgan fingerprint density at radius 3 is 2.51 bits per heavy atom. The van der Waals surface area contributed by atoms with E-state index in [0.29, 0.717) is 35.1 Å². The molecule has 1 N–H and O–H groups in total. The minimum Gasteiger partial charge on any atom is -0.494 e. The number of nitrogens with zero attached hydrogens (tertiary/aromatic N) is 2. The molecular weight excluding hydrogens is 538 g/mol. The van der Waals surface area contributed by atoms with Crippen molar-refractivity contribution < 1.29 is 27.4 Å². The summed E-state index contributed by atoms with van der Waals surface area (Å²) in [6, 6.07) is 17.9. The Labute approximate surface area is 211 Å². The highest BCUT2D eigenvalue weighted by atomic mass is 79.9. The highest BCUT2D eigenvalue weighted by Crippen LogP contribution is 2.32. The van der Waals surface area contributed by atoms with E-state index < -0.39 is 22.5 Å². The number of sulfonamides is 1. The summed E-state index contributed by atoms with van der Waals surface area (Å²) >= 11 is 3.30. The minimum absolute atomic E-state index is 0.0474. The fraction of sp³-hybridized carbons (Fsp3) is 0.167. The Balaban J connectivity index is 1.53. The number of benzene rings is 3. The number of hydrogen-bond donors (Lipinski definition) is 1. The van der Waals surface area contributed by atoms with Gasteiger partial charge in [0, 0.05) is 4.47 Å². The van der Waals surface area contributed by atoms with Crippen LogP contribution in [0, 0.1) is 0 Å². The summed E-state index contributed by atoms with van der Waals surface area (Å²) in [6.45, 7) is 2.00. The molecule has 35 heavy (non-hydrogen) atoms. The van der Waals surface area contributed by atoms with Gasteiger partial charge in [-0.15, -0.1) is 0 Å². The van der Waals surface area contributed by atoms with E-state index in [0.717, 1.165) is 8.78 Å². The van der Waals surface area contributed by atoms with Gasteiger partial charge < -0.3 is 14.2 Å². The third kappa shape index (κ3) is 5.92. The number of nitrogens with one attached hydrogen (secondary N) is 1. The molecule has 0 spiro atoms. The quantitative estimate of drug-likeness (QED) is 0.314. The average molecular weight is 560 g/mol. The van der Waals surface area contributed by atoms with Crippen LogP contribution in [0.4, 0.5) is 5.69 Å². The van der Waals surface area contributed by atoms with Crippen molar-refractivity contribution >= 4 is 43.8 Å². The summed E-state index contributed by atoms with van der Waals surface area (Å²) in [6.07, 6.45) is 1.43. The van der Waals surface area contributed by atoms with Crippen LogP contribution in [-0.4, -0.2) is 40.5 Å². The van der Waals surface area contributed by atoms with E-state index in [-0.39, 0.29) is 11.7 Å². The van der Waals surface area contributed by atoms with E-state index in [2.05, 4.69) is 26.5 Å². The molecule has 0 aromatic heterocycles. The number of carbonyl (C=O) groups excluding carboxylic acids is 1. The number of halogens is 1. The molecule has 0 fully saturated rings. The Hall–Kier alpha value is -3.57. The molecule has 0 atom stereocenters. The lowest BCUT2D eigenvalue weighted by Gasteiger charge is -2.24. The fourth-order valence-electron chi connectivity index (χ4n) is 3.26. The molecule has 11 heteroatoms. The predicted molar refractivity (Wildman–Crippen MR) is 135 cm³/mol. The van der Waals surface area contributed by atoms with Gasteiger partial charge in [-0.05, 0) is 79.2 Å². The van der Waals surface area contributed by atoms with Crippen LogP contribution in [0.3, 0.4) is 0 Å². The van der Waals surface area contributed by atoms with Crippen molar-refractivity contribution in [2.75, 3.05) is 24.2 Å². The number of ether oxygens (including phenoxy) is 3. The average Bonchev–Trinajstić information content (AvgIpc) is 3.32. The van der Waals surface area contributed by atoms with Gasteiger partial charge in [0.1, 0.15) is 12.3 Å². The molecule has 3 aromatic rings. The number of rotatable bonds is 9. The molecule has 0 saturated carbocycles.